The Morgan fingerprint density at radius 2 is 2.15 bits per heavy atom. The molecule has 1 fully saturated rings. The molecule has 3 N–H and O–H groups in total. The van der Waals surface area contributed by atoms with Gasteiger partial charge in [-0.05, 0) is 43.9 Å². The number of nitrogens with one attached hydrogen (secondary N) is 1. The Morgan fingerprint density at radius 3 is 2.77 bits per heavy atom. The first-order valence-electron chi connectivity index (χ1n) is 4.88. The highest BCUT2D eigenvalue weighted by Gasteiger charge is 2.17. The van der Waals surface area contributed by atoms with Gasteiger partial charge in [-0.25, -0.2) is 0 Å². The zero-order valence-electron chi connectivity index (χ0n) is 8.01. The van der Waals surface area contributed by atoms with Gasteiger partial charge in [0.2, 0.25) is 0 Å². The Labute approximate surface area is 79.1 Å². The van der Waals surface area contributed by atoms with Gasteiger partial charge in [-0.3, -0.25) is 0 Å². The average Bonchev–Trinajstić information content (AvgIpc) is 2.03. The minimum absolute atomic E-state index is 0.681. The molecule has 1 aliphatic carbocycles. The van der Waals surface area contributed by atoms with Crippen molar-refractivity contribution >= 4 is 11.4 Å². The molecule has 70 valence electrons. The monoisotopic (exact) mass is 176 g/mol. The van der Waals surface area contributed by atoms with Gasteiger partial charge in [0.25, 0.3) is 0 Å². The fourth-order valence-electron chi connectivity index (χ4n) is 1.57. The van der Waals surface area contributed by atoms with Crippen LogP contribution in [0.5, 0.6) is 0 Å². The second-order valence-corrected chi connectivity index (χ2v) is 3.85. The standard InChI is InChI=1S/C11H16N2/c1-8-5-6-9(12)7-11(8)13-10-3-2-4-10/h5-7,10,13H,2-4,12H2,1H3. The fourth-order valence-corrected chi connectivity index (χ4v) is 1.57. The van der Waals surface area contributed by atoms with Gasteiger partial charge in [-0.1, -0.05) is 6.07 Å². The first-order valence-corrected chi connectivity index (χ1v) is 4.88. The summed E-state index contributed by atoms with van der Waals surface area (Å²) < 4.78 is 0. The molecular weight excluding hydrogens is 160 g/mol. The van der Waals surface area contributed by atoms with Gasteiger partial charge in [0, 0.05) is 17.4 Å². The first-order chi connectivity index (χ1) is 6.25. The van der Waals surface area contributed by atoms with Crippen LogP contribution in [0.4, 0.5) is 11.4 Å². The Morgan fingerprint density at radius 1 is 1.38 bits per heavy atom. The van der Waals surface area contributed by atoms with Crippen molar-refractivity contribution in [2.45, 2.75) is 32.2 Å². The smallest absolute Gasteiger partial charge is 0.0392 e. The molecule has 0 spiro atoms. The minimum atomic E-state index is 0.681. The largest absolute Gasteiger partial charge is 0.399 e. The number of hydrogen-bond acceptors (Lipinski definition) is 2. The number of aryl methyl sites for hydroxylation is 1. The van der Waals surface area contributed by atoms with Crippen molar-refractivity contribution in [3.63, 3.8) is 0 Å². The third-order valence-electron chi connectivity index (χ3n) is 2.73. The number of nitrogen functional groups attached to an aromatic ring is 1. The molecule has 0 unspecified atom stereocenters. The summed E-state index contributed by atoms with van der Waals surface area (Å²) in [6.07, 6.45) is 3.96. The molecule has 0 aliphatic heterocycles. The van der Waals surface area contributed by atoms with Crippen LogP contribution in [0.25, 0.3) is 0 Å². The SMILES string of the molecule is Cc1ccc(N)cc1NC1CCC1. The molecule has 0 heterocycles. The minimum Gasteiger partial charge on any atom is -0.399 e. The third kappa shape index (κ3) is 1.77. The van der Waals surface area contributed by atoms with E-state index in [1.807, 2.05) is 12.1 Å². The van der Waals surface area contributed by atoms with Crippen molar-refractivity contribution < 1.29 is 0 Å². The molecule has 1 aliphatic rings. The highest BCUT2D eigenvalue weighted by Crippen LogP contribution is 2.26. The van der Waals surface area contributed by atoms with Gasteiger partial charge in [-0.15, -0.1) is 0 Å². The maximum Gasteiger partial charge on any atom is 0.0392 e. The molecule has 1 aromatic carbocycles. The summed E-state index contributed by atoms with van der Waals surface area (Å²) in [7, 11) is 0. The highest BCUT2D eigenvalue weighted by molar-refractivity contribution is 5.59. The Bertz CT molecular complexity index is 303. The molecule has 0 bridgehead atoms. The zero-order valence-corrected chi connectivity index (χ0v) is 8.01. The van der Waals surface area contributed by atoms with E-state index in [2.05, 4.69) is 18.3 Å². The van der Waals surface area contributed by atoms with E-state index in [1.54, 1.807) is 0 Å². The lowest BCUT2D eigenvalue weighted by Crippen LogP contribution is -2.27. The second-order valence-electron chi connectivity index (χ2n) is 3.85. The zero-order chi connectivity index (χ0) is 9.26. The van der Waals surface area contributed by atoms with E-state index in [0.29, 0.717) is 6.04 Å². The number of hydrogen-bond donors (Lipinski definition) is 2. The predicted molar refractivity (Wildman–Crippen MR) is 56.9 cm³/mol. The van der Waals surface area contributed by atoms with Crippen molar-refractivity contribution in [3.05, 3.63) is 23.8 Å². The molecular formula is C11H16N2. The normalized spacial score (nSPS) is 16.7. The summed E-state index contributed by atoms with van der Waals surface area (Å²) in [5.41, 5.74) is 9.04. The van der Waals surface area contributed by atoms with Crippen molar-refractivity contribution in [2.75, 3.05) is 11.1 Å². The van der Waals surface area contributed by atoms with Crippen molar-refractivity contribution in [1.82, 2.24) is 0 Å². The van der Waals surface area contributed by atoms with Crippen molar-refractivity contribution in [1.29, 1.82) is 0 Å². The summed E-state index contributed by atoms with van der Waals surface area (Å²) in [6, 6.07) is 6.71. The summed E-state index contributed by atoms with van der Waals surface area (Å²) in [6.45, 7) is 2.11. The third-order valence-corrected chi connectivity index (χ3v) is 2.73. The maximum absolute atomic E-state index is 5.72. The number of nitrogens with two attached hydrogens (primary N) is 1. The highest BCUT2D eigenvalue weighted by atomic mass is 14.9. The van der Waals surface area contributed by atoms with Crippen LogP contribution >= 0.6 is 0 Å². The summed E-state index contributed by atoms with van der Waals surface area (Å²) >= 11 is 0. The van der Waals surface area contributed by atoms with E-state index < -0.39 is 0 Å². The molecule has 0 atom stereocenters. The van der Waals surface area contributed by atoms with Crippen LogP contribution in [0, 0.1) is 6.92 Å². The molecule has 13 heavy (non-hydrogen) atoms. The molecule has 2 heteroatoms. The van der Waals surface area contributed by atoms with Gasteiger partial charge in [0.1, 0.15) is 0 Å². The predicted octanol–water partition coefficient (Wildman–Crippen LogP) is 2.54. The number of anilines is 2. The van der Waals surface area contributed by atoms with Gasteiger partial charge in [-0.2, -0.15) is 0 Å². The lowest BCUT2D eigenvalue weighted by molar-refractivity contribution is 0.445. The molecule has 0 saturated heterocycles. The molecule has 2 nitrogen and oxygen atoms in total. The Kier molecular flexibility index (Phi) is 2.13. The molecule has 0 amide bonds. The van der Waals surface area contributed by atoms with E-state index in [4.69, 9.17) is 5.73 Å². The first kappa shape index (κ1) is 8.42. The van der Waals surface area contributed by atoms with Gasteiger partial charge in [0.15, 0.2) is 0 Å². The van der Waals surface area contributed by atoms with Crippen LogP contribution in [-0.4, -0.2) is 6.04 Å². The van der Waals surface area contributed by atoms with E-state index in [9.17, 15) is 0 Å². The lowest BCUT2D eigenvalue weighted by atomic mass is 9.92. The topological polar surface area (TPSA) is 38.0 Å². The van der Waals surface area contributed by atoms with Crippen LogP contribution in [0.15, 0.2) is 18.2 Å². The molecule has 0 aromatic heterocycles. The maximum atomic E-state index is 5.72. The van der Waals surface area contributed by atoms with Crippen LogP contribution in [0.1, 0.15) is 24.8 Å². The Balaban J connectivity index is 2.13. The van der Waals surface area contributed by atoms with Gasteiger partial charge >= 0.3 is 0 Å². The van der Waals surface area contributed by atoms with Crippen LogP contribution in [-0.2, 0) is 0 Å². The number of benzene rings is 1. The van der Waals surface area contributed by atoms with Gasteiger partial charge in [0.05, 0.1) is 0 Å². The average molecular weight is 176 g/mol. The van der Waals surface area contributed by atoms with E-state index in [1.165, 1.54) is 30.5 Å². The van der Waals surface area contributed by atoms with Crippen LogP contribution in [0.3, 0.4) is 0 Å². The van der Waals surface area contributed by atoms with Gasteiger partial charge < -0.3 is 11.1 Å². The Hall–Kier alpha value is -1.18. The molecule has 2 rings (SSSR count). The van der Waals surface area contributed by atoms with Crippen LogP contribution < -0.4 is 11.1 Å². The quantitative estimate of drug-likeness (QED) is 0.679. The van der Waals surface area contributed by atoms with Crippen molar-refractivity contribution in [3.8, 4) is 0 Å². The van der Waals surface area contributed by atoms with Crippen LogP contribution in [0.2, 0.25) is 0 Å². The molecule has 1 aromatic rings. The second kappa shape index (κ2) is 3.29. The summed E-state index contributed by atoms with van der Waals surface area (Å²) in [4.78, 5) is 0. The van der Waals surface area contributed by atoms with E-state index in [-0.39, 0.29) is 0 Å². The fraction of sp³-hybridized carbons (Fsp3) is 0.455. The van der Waals surface area contributed by atoms with Crippen molar-refractivity contribution in [2.24, 2.45) is 0 Å². The van der Waals surface area contributed by atoms with E-state index in [0.717, 1.165) is 5.69 Å². The summed E-state index contributed by atoms with van der Waals surface area (Å²) in [5, 5.41) is 3.51. The summed E-state index contributed by atoms with van der Waals surface area (Å²) in [5.74, 6) is 0. The van der Waals surface area contributed by atoms with E-state index >= 15 is 0 Å². The lowest BCUT2D eigenvalue weighted by Gasteiger charge is -2.28. The molecule has 0 radical (unpaired) electrons. The molecule has 1 saturated carbocycles. The number of rotatable bonds is 2.